The van der Waals surface area contributed by atoms with Gasteiger partial charge in [0.1, 0.15) is 29.8 Å². The van der Waals surface area contributed by atoms with Gasteiger partial charge in [0.25, 0.3) is 0 Å². The van der Waals surface area contributed by atoms with Gasteiger partial charge in [0, 0.05) is 31.0 Å². The molecule has 0 radical (unpaired) electrons. The number of ketones is 1. The van der Waals surface area contributed by atoms with Gasteiger partial charge in [-0.25, -0.2) is 4.79 Å². The van der Waals surface area contributed by atoms with Gasteiger partial charge in [-0.2, -0.15) is 0 Å². The van der Waals surface area contributed by atoms with Gasteiger partial charge in [0.05, 0.1) is 18.0 Å². The fraction of sp³-hybridized carbons (Fsp3) is 0.312. The van der Waals surface area contributed by atoms with Crippen LogP contribution in [-0.4, -0.2) is 69.5 Å². The Kier molecular flexibility index (Phi) is 8.24. The number of Topliss-reactive ketones (excluding diaryl/α,β-unsaturated/α-hetero) is 1. The maximum Gasteiger partial charge on any atom is 0.326 e. The summed E-state index contributed by atoms with van der Waals surface area (Å²) in [5.74, 6) is -0.776. The summed E-state index contributed by atoms with van der Waals surface area (Å²) < 4.78 is 6.34. The minimum atomic E-state index is -0.735. The zero-order chi connectivity index (χ0) is 30.7. The molecular weight excluding hydrogens is 548 g/mol. The SMILES string of the molecule is CC(C)(C)Oc1cc(C(=O)CC(N)=O)ccc1C1=NC(c2ccncc2)C(c2ccccc2)N1C(=O)N1CCNC(=O)C1. The number of aliphatic imine (C=N–C) groups is 1. The number of benzene rings is 2. The highest BCUT2D eigenvalue weighted by atomic mass is 16.5. The lowest BCUT2D eigenvalue weighted by Gasteiger charge is -2.36. The van der Waals surface area contributed by atoms with Crippen molar-refractivity contribution >= 4 is 29.5 Å². The minimum absolute atomic E-state index is 0.0873. The second-order valence-corrected chi connectivity index (χ2v) is 11.4. The third-order valence-corrected chi connectivity index (χ3v) is 7.07. The van der Waals surface area contributed by atoms with Crippen molar-refractivity contribution in [3.05, 3.63) is 95.3 Å². The number of urea groups is 1. The van der Waals surface area contributed by atoms with Crippen LogP contribution < -0.4 is 15.8 Å². The molecule has 5 rings (SSSR count). The van der Waals surface area contributed by atoms with Crippen LogP contribution in [0.2, 0.25) is 0 Å². The molecule has 2 aliphatic heterocycles. The third kappa shape index (κ3) is 6.56. The normalized spacial score (nSPS) is 18.6. The number of amidine groups is 1. The molecule has 3 heterocycles. The van der Waals surface area contributed by atoms with Crippen LogP contribution >= 0.6 is 0 Å². The second-order valence-electron chi connectivity index (χ2n) is 11.4. The Morgan fingerprint density at radius 1 is 1.02 bits per heavy atom. The average molecular weight is 583 g/mol. The summed E-state index contributed by atoms with van der Waals surface area (Å²) in [4.78, 5) is 63.4. The first-order valence-electron chi connectivity index (χ1n) is 14.0. The molecule has 0 saturated carbocycles. The number of primary amides is 1. The number of pyridine rings is 1. The number of rotatable bonds is 7. The van der Waals surface area contributed by atoms with Gasteiger partial charge in [-0.3, -0.25) is 29.3 Å². The van der Waals surface area contributed by atoms with Crippen LogP contribution in [0.15, 0.2) is 78.0 Å². The Bertz CT molecular complexity index is 1570. The van der Waals surface area contributed by atoms with Crippen LogP contribution in [0.4, 0.5) is 4.79 Å². The summed E-state index contributed by atoms with van der Waals surface area (Å²) in [6.45, 7) is 6.19. The summed E-state index contributed by atoms with van der Waals surface area (Å²) in [5, 5.41) is 2.77. The van der Waals surface area contributed by atoms with Crippen molar-refractivity contribution in [2.45, 2.75) is 44.9 Å². The van der Waals surface area contributed by atoms with Gasteiger partial charge >= 0.3 is 6.03 Å². The Labute approximate surface area is 249 Å². The standard InChI is InChI=1S/C32H34N6O5/c1-32(2,3)43-25-17-22(24(39)18-26(33)40)9-10-23(25)30-36-28(20-11-13-34-14-12-20)29(21-7-5-4-6-8-21)38(30)31(42)37-16-15-35-27(41)19-37/h4-14,17,28-29H,15-16,18-19H2,1-3H3,(H2,33,40)(H,35,41). The average Bonchev–Trinajstić information content (AvgIpc) is 3.37. The van der Waals surface area contributed by atoms with Gasteiger partial charge in [-0.05, 0) is 56.2 Å². The van der Waals surface area contributed by atoms with Gasteiger partial charge < -0.3 is 20.7 Å². The molecule has 2 unspecified atom stereocenters. The van der Waals surface area contributed by atoms with E-state index in [1.807, 2.05) is 63.2 Å². The molecule has 0 bridgehead atoms. The summed E-state index contributed by atoms with van der Waals surface area (Å²) in [7, 11) is 0. The molecule has 3 N–H and O–H groups in total. The molecule has 4 amide bonds. The lowest BCUT2D eigenvalue weighted by molar-refractivity contribution is -0.123. The van der Waals surface area contributed by atoms with Crippen molar-refractivity contribution in [3.8, 4) is 5.75 Å². The second kappa shape index (κ2) is 12.0. The van der Waals surface area contributed by atoms with E-state index in [1.165, 1.54) is 4.90 Å². The van der Waals surface area contributed by atoms with Gasteiger partial charge in [-0.1, -0.05) is 36.4 Å². The van der Waals surface area contributed by atoms with Crippen molar-refractivity contribution in [2.75, 3.05) is 19.6 Å². The highest BCUT2D eigenvalue weighted by Crippen LogP contribution is 2.45. The Balaban J connectivity index is 1.70. The number of hydrogen-bond acceptors (Lipinski definition) is 7. The summed E-state index contributed by atoms with van der Waals surface area (Å²) >= 11 is 0. The van der Waals surface area contributed by atoms with E-state index in [0.29, 0.717) is 30.2 Å². The summed E-state index contributed by atoms with van der Waals surface area (Å²) in [5.41, 5.74) is 7.03. The smallest absolute Gasteiger partial charge is 0.326 e. The fourth-order valence-corrected chi connectivity index (χ4v) is 5.25. The number of nitrogens with two attached hydrogens (primary N) is 1. The molecule has 1 aromatic heterocycles. The topological polar surface area (TPSA) is 147 Å². The van der Waals surface area contributed by atoms with E-state index in [2.05, 4.69) is 10.3 Å². The predicted octanol–water partition coefficient (Wildman–Crippen LogP) is 3.41. The number of ether oxygens (including phenoxy) is 1. The molecule has 2 atom stereocenters. The first kappa shape index (κ1) is 29.4. The van der Waals surface area contributed by atoms with E-state index in [9.17, 15) is 19.2 Å². The number of hydrogen-bond donors (Lipinski definition) is 2. The van der Waals surface area contributed by atoms with Gasteiger partial charge in [0.2, 0.25) is 11.8 Å². The largest absolute Gasteiger partial charge is 0.487 e. The Morgan fingerprint density at radius 2 is 1.74 bits per heavy atom. The molecule has 222 valence electrons. The number of piperazine rings is 1. The summed E-state index contributed by atoms with van der Waals surface area (Å²) in [6.07, 6.45) is 2.91. The van der Waals surface area contributed by atoms with E-state index < -0.39 is 35.8 Å². The van der Waals surface area contributed by atoms with Crippen molar-refractivity contribution < 1.29 is 23.9 Å². The zero-order valence-corrected chi connectivity index (χ0v) is 24.3. The van der Waals surface area contributed by atoms with Crippen molar-refractivity contribution in [3.63, 3.8) is 0 Å². The van der Waals surface area contributed by atoms with Crippen molar-refractivity contribution in [1.82, 2.24) is 20.1 Å². The number of amides is 4. The number of nitrogens with one attached hydrogen (secondary N) is 1. The highest BCUT2D eigenvalue weighted by molar-refractivity contribution is 6.12. The summed E-state index contributed by atoms with van der Waals surface area (Å²) in [6, 6.07) is 16.7. The highest BCUT2D eigenvalue weighted by Gasteiger charge is 2.45. The van der Waals surface area contributed by atoms with Crippen LogP contribution in [-0.2, 0) is 9.59 Å². The molecule has 3 aromatic rings. The monoisotopic (exact) mass is 582 g/mol. The quantitative estimate of drug-likeness (QED) is 0.322. The van der Waals surface area contributed by atoms with E-state index in [1.54, 1.807) is 35.5 Å². The maximum atomic E-state index is 14.4. The molecule has 43 heavy (non-hydrogen) atoms. The molecule has 1 fully saturated rings. The number of nitrogens with zero attached hydrogens (tertiary/aromatic N) is 4. The maximum absolute atomic E-state index is 14.4. The predicted molar refractivity (Wildman–Crippen MR) is 159 cm³/mol. The Hall–Kier alpha value is -5.06. The third-order valence-electron chi connectivity index (χ3n) is 7.07. The zero-order valence-electron chi connectivity index (χ0n) is 24.3. The minimum Gasteiger partial charge on any atom is -0.487 e. The van der Waals surface area contributed by atoms with E-state index in [4.69, 9.17) is 15.5 Å². The molecule has 0 spiro atoms. The van der Waals surface area contributed by atoms with Crippen LogP contribution in [0.1, 0.15) is 66.3 Å². The van der Waals surface area contributed by atoms with Crippen LogP contribution in [0.3, 0.4) is 0 Å². The molecule has 11 nitrogen and oxygen atoms in total. The fourth-order valence-electron chi connectivity index (χ4n) is 5.25. The molecule has 0 aliphatic carbocycles. The van der Waals surface area contributed by atoms with Crippen LogP contribution in [0.5, 0.6) is 5.75 Å². The van der Waals surface area contributed by atoms with Crippen LogP contribution in [0.25, 0.3) is 0 Å². The van der Waals surface area contributed by atoms with E-state index in [0.717, 1.165) is 11.1 Å². The molecule has 2 aromatic carbocycles. The van der Waals surface area contributed by atoms with Gasteiger partial charge in [-0.15, -0.1) is 0 Å². The number of carbonyl (C=O) groups excluding carboxylic acids is 4. The first-order chi connectivity index (χ1) is 20.5. The van der Waals surface area contributed by atoms with Crippen molar-refractivity contribution in [2.24, 2.45) is 10.7 Å². The number of aromatic nitrogens is 1. The van der Waals surface area contributed by atoms with E-state index in [-0.39, 0.29) is 24.0 Å². The van der Waals surface area contributed by atoms with Crippen molar-refractivity contribution in [1.29, 1.82) is 0 Å². The lowest BCUT2D eigenvalue weighted by Crippen LogP contribution is -2.55. The molecular formula is C32H34N6O5. The first-order valence-corrected chi connectivity index (χ1v) is 14.0. The lowest BCUT2D eigenvalue weighted by atomic mass is 9.94. The van der Waals surface area contributed by atoms with Gasteiger partial charge in [0.15, 0.2) is 5.78 Å². The Morgan fingerprint density at radius 3 is 2.40 bits per heavy atom. The number of carbonyl (C=O) groups is 4. The molecule has 1 saturated heterocycles. The molecule has 2 aliphatic rings. The van der Waals surface area contributed by atoms with E-state index >= 15 is 0 Å². The van der Waals surface area contributed by atoms with Crippen LogP contribution in [0, 0.1) is 0 Å². The molecule has 11 heteroatoms.